The maximum Gasteiger partial charge on any atom is 0.303 e. The number of rotatable bonds is 6. The Balaban J connectivity index is 1.66. The lowest BCUT2D eigenvalue weighted by atomic mass is 9.72. The van der Waals surface area contributed by atoms with E-state index in [1.165, 1.54) is 39.3 Å². The molecule has 45 heavy (non-hydrogen) atoms. The SMILES string of the molecule is CO[C@H]1[C@H](O[C@@H]2c3c(cc4c(c3O)C(=O)c3c(O)cccc3C4=O)C(=O)[C@@](C)(O)[C@H]2OC)O[C@@H](C)[C@H](OC(C)=O)[C@H]1OC(C)=O. The number of phenols is 2. The van der Waals surface area contributed by atoms with Gasteiger partial charge in [-0.25, -0.2) is 0 Å². The fourth-order valence-electron chi connectivity index (χ4n) is 6.30. The van der Waals surface area contributed by atoms with E-state index in [2.05, 4.69) is 0 Å². The van der Waals surface area contributed by atoms with Gasteiger partial charge in [-0.05, 0) is 26.0 Å². The molecule has 2 aromatic rings. The Labute approximate surface area is 256 Å². The Morgan fingerprint density at radius 3 is 2.11 bits per heavy atom. The van der Waals surface area contributed by atoms with Gasteiger partial charge in [0.1, 0.15) is 29.8 Å². The first-order valence-electron chi connectivity index (χ1n) is 13.9. The third kappa shape index (κ3) is 5.08. The van der Waals surface area contributed by atoms with Crippen LogP contribution in [0.4, 0.5) is 0 Å². The maximum absolute atomic E-state index is 13.7. The Morgan fingerprint density at radius 2 is 1.51 bits per heavy atom. The molecule has 0 aromatic heterocycles. The van der Waals surface area contributed by atoms with Crippen molar-refractivity contribution in [2.24, 2.45) is 0 Å². The first kappa shape index (κ1) is 32.2. The van der Waals surface area contributed by atoms with Gasteiger partial charge in [-0.1, -0.05) is 12.1 Å². The Hall–Kier alpha value is -4.21. The number of esters is 2. The summed E-state index contributed by atoms with van der Waals surface area (Å²) in [4.78, 5) is 64.7. The summed E-state index contributed by atoms with van der Waals surface area (Å²) < 4.78 is 34.2. The zero-order chi connectivity index (χ0) is 33.1. The summed E-state index contributed by atoms with van der Waals surface area (Å²) in [6, 6.07) is 5.01. The molecule has 3 aliphatic rings. The summed E-state index contributed by atoms with van der Waals surface area (Å²) in [7, 11) is 2.44. The minimum Gasteiger partial charge on any atom is -0.507 e. The summed E-state index contributed by atoms with van der Waals surface area (Å²) in [5.74, 6) is -5.26. The molecule has 0 spiro atoms. The lowest BCUT2D eigenvalue weighted by Crippen LogP contribution is -2.62. The minimum absolute atomic E-state index is 0.129. The highest BCUT2D eigenvalue weighted by molar-refractivity contribution is 6.31. The van der Waals surface area contributed by atoms with Gasteiger partial charge in [0.15, 0.2) is 35.7 Å². The lowest BCUT2D eigenvalue weighted by Gasteiger charge is -2.47. The highest BCUT2D eigenvalue weighted by Crippen LogP contribution is 2.49. The number of hydrogen-bond donors (Lipinski definition) is 3. The predicted molar refractivity (Wildman–Crippen MR) is 149 cm³/mol. The van der Waals surface area contributed by atoms with E-state index in [4.69, 9.17) is 28.4 Å². The second-order valence-corrected chi connectivity index (χ2v) is 11.2. The molecule has 8 atom stereocenters. The van der Waals surface area contributed by atoms with Gasteiger partial charge in [-0.3, -0.25) is 24.0 Å². The van der Waals surface area contributed by atoms with Gasteiger partial charge < -0.3 is 43.7 Å². The third-order valence-electron chi connectivity index (χ3n) is 8.28. The number of phenolic OH excluding ortho intramolecular Hbond substituents is 2. The van der Waals surface area contributed by atoms with Crippen LogP contribution in [0.1, 0.15) is 81.6 Å². The van der Waals surface area contributed by atoms with E-state index < -0.39 is 94.9 Å². The highest BCUT2D eigenvalue weighted by Gasteiger charge is 2.57. The molecule has 5 rings (SSSR count). The first-order chi connectivity index (χ1) is 21.1. The van der Waals surface area contributed by atoms with Crippen LogP contribution in [-0.2, 0) is 38.0 Å². The van der Waals surface area contributed by atoms with Gasteiger partial charge in [-0.2, -0.15) is 0 Å². The zero-order valence-electron chi connectivity index (χ0n) is 25.2. The molecule has 0 unspecified atom stereocenters. The second-order valence-electron chi connectivity index (χ2n) is 11.2. The number of carbonyl (C=O) groups excluding carboxylic acids is 5. The first-order valence-corrected chi connectivity index (χ1v) is 13.9. The van der Waals surface area contributed by atoms with Crippen LogP contribution in [0, 0.1) is 0 Å². The molecule has 1 saturated heterocycles. The quantitative estimate of drug-likeness (QED) is 0.332. The monoisotopic (exact) mass is 628 g/mol. The number of benzene rings is 2. The fraction of sp³-hybridized carbons (Fsp3) is 0.452. The Kier molecular flexibility index (Phi) is 8.31. The molecule has 14 heteroatoms. The topological polar surface area (TPSA) is 201 Å². The largest absolute Gasteiger partial charge is 0.507 e. The van der Waals surface area contributed by atoms with E-state index in [-0.39, 0.29) is 27.8 Å². The summed E-state index contributed by atoms with van der Waals surface area (Å²) in [6.45, 7) is 4.99. The molecule has 0 amide bonds. The van der Waals surface area contributed by atoms with Crippen molar-refractivity contribution in [1.82, 2.24) is 0 Å². The van der Waals surface area contributed by atoms with Crippen LogP contribution in [-0.4, -0.2) is 101 Å². The average molecular weight is 629 g/mol. The van der Waals surface area contributed by atoms with Crippen molar-refractivity contribution >= 4 is 29.3 Å². The van der Waals surface area contributed by atoms with Crippen LogP contribution in [0.25, 0.3) is 0 Å². The zero-order valence-corrected chi connectivity index (χ0v) is 25.2. The number of carbonyl (C=O) groups is 5. The number of fused-ring (bicyclic) bond motifs is 3. The van der Waals surface area contributed by atoms with E-state index in [1.807, 2.05) is 0 Å². The van der Waals surface area contributed by atoms with Crippen molar-refractivity contribution < 1.29 is 67.7 Å². The Morgan fingerprint density at radius 1 is 0.867 bits per heavy atom. The van der Waals surface area contributed by atoms with Gasteiger partial charge in [0.25, 0.3) is 0 Å². The van der Waals surface area contributed by atoms with E-state index in [0.29, 0.717) is 0 Å². The number of Topliss-reactive ketones (excluding diaryl/α,β-unsaturated/α-hetero) is 1. The standard InChI is InChI=1S/C31H32O14/c1-11-24(43-12(2)32)26(44-13(3)33)27(40-5)30(42-11)45-25-20-16(28(38)31(4,39)29(25)41-6)10-15-19(23(20)37)22(36)18-14(21(15)35)8-7-9-17(18)34/h7-11,24-27,29-30,34,37,39H,1-6H3/t11-,24-,25+,26+,27+,29-,30-,31+/m0/s1. The van der Waals surface area contributed by atoms with Crippen molar-refractivity contribution in [3.63, 3.8) is 0 Å². The van der Waals surface area contributed by atoms with Crippen molar-refractivity contribution in [2.45, 2.75) is 76.2 Å². The van der Waals surface area contributed by atoms with Crippen molar-refractivity contribution in [3.05, 3.63) is 57.6 Å². The van der Waals surface area contributed by atoms with Gasteiger partial charge in [0.2, 0.25) is 5.78 Å². The maximum atomic E-state index is 13.7. The summed E-state index contributed by atoms with van der Waals surface area (Å²) in [5, 5.41) is 33.5. The molecule has 1 heterocycles. The van der Waals surface area contributed by atoms with Crippen LogP contribution < -0.4 is 0 Å². The fourth-order valence-corrected chi connectivity index (χ4v) is 6.30. The molecule has 1 aliphatic heterocycles. The summed E-state index contributed by atoms with van der Waals surface area (Å²) in [5.41, 5.74) is -4.17. The summed E-state index contributed by atoms with van der Waals surface area (Å²) >= 11 is 0. The molecular weight excluding hydrogens is 596 g/mol. The summed E-state index contributed by atoms with van der Waals surface area (Å²) in [6.07, 6.45) is -9.11. The molecule has 0 radical (unpaired) electrons. The van der Waals surface area contributed by atoms with Crippen molar-refractivity contribution in [3.8, 4) is 11.5 Å². The van der Waals surface area contributed by atoms with Crippen molar-refractivity contribution in [1.29, 1.82) is 0 Å². The Bertz CT molecular complexity index is 1610. The average Bonchev–Trinajstić information content (AvgIpc) is 2.95. The molecule has 240 valence electrons. The smallest absolute Gasteiger partial charge is 0.303 e. The number of hydrogen-bond acceptors (Lipinski definition) is 14. The number of ketones is 3. The number of aliphatic hydroxyl groups is 1. The lowest BCUT2D eigenvalue weighted by molar-refractivity contribution is -0.323. The highest BCUT2D eigenvalue weighted by atomic mass is 16.7. The van der Waals surface area contributed by atoms with Gasteiger partial charge >= 0.3 is 11.9 Å². The van der Waals surface area contributed by atoms with Crippen LogP contribution >= 0.6 is 0 Å². The van der Waals surface area contributed by atoms with Crippen molar-refractivity contribution in [2.75, 3.05) is 14.2 Å². The number of ether oxygens (including phenoxy) is 6. The van der Waals surface area contributed by atoms with E-state index in [0.717, 1.165) is 26.8 Å². The number of aromatic hydroxyl groups is 2. The minimum atomic E-state index is -2.29. The van der Waals surface area contributed by atoms with E-state index >= 15 is 0 Å². The molecule has 1 fully saturated rings. The molecule has 2 aromatic carbocycles. The van der Waals surface area contributed by atoms with Gasteiger partial charge in [-0.15, -0.1) is 0 Å². The van der Waals surface area contributed by atoms with Crippen LogP contribution in [0.15, 0.2) is 24.3 Å². The third-order valence-corrected chi connectivity index (χ3v) is 8.28. The second kappa shape index (κ2) is 11.6. The van der Waals surface area contributed by atoms with Crippen LogP contribution in [0.5, 0.6) is 11.5 Å². The molecule has 2 aliphatic carbocycles. The predicted octanol–water partition coefficient (Wildman–Crippen LogP) is 1.52. The van der Waals surface area contributed by atoms with E-state index in [9.17, 15) is 39.3 Å². The van der Waals surface area contributed by atoms with Gasteiger partial charge in [0.05, 0.1) is 17.2 Å². The molecule has 0 saturated carbocycles. The van der Waals surface area contributed by atoms with E-state index in [1.54, 1.807) is 0 Å². The molecule has 0 bridgehead atoms. The molecule has 3 N–H and O–H groups in total. The molecular formula is C31H32O14. The van der Waals surface area contributed by atoms with Crippen LogP contribution in [0.3, 0.4) is 0 Å². The molecule has 14 nitrogen and oxygen atoms in total. The number of methoxy groups -OCH3 is 2. The van der Waals surface area contributed by atoms with Crippen LogP contribution in [0.2, 0.25) is 0 Å². The normalized spacial score (nSPS) is 30.6. The van der Waals surface area contributed by atoms with Gasteiger partial charge in [0, 0.05) is 50.3 Å².